The van der Waals surface area contributed by atoms with Gasteiger partial charge in [0.2, 0.25) is 0 Å². The molecule has 1 unspecified atom stereocenters. The van der Waals surface area contributed by atoms with Gasteiger partial charge in [0.1, 0.15) is 5.75 Å². The molecule has 0 aromatic heterocycles. The first kappa shape index (κ1) is 14.3. The van der Waals surface area contributed by atoms with E-state index in [1.54, 1.807) is 0 Å². The Morgan fingerprint density at radius 2 is 1.95 bits per heavy atom. The van der Waals surface area contributed by atoms with Crippen molar-refractivity contribution in [3.63, 3.8) is 0 Å². The van der Waals surface area contributed by atoms with Crippen molar-refractivity contribution in [3.05, 3.63) is 29.8 Å². The number of β-amino-alcohol motifs (C(OH)–C–C–N with tert-alkyl or cyclic N) is 1. The Hall–Kier alpha value is -1.10. The van der Waals surface area contributed by atoms with E-state index in [0.717, 1.165) is 44.0 Å². The van der Waals surface area contributed by atoms with Gasteiger partial charge < -0.3 is 15.2 Å². The van der Waals surface area contributed by atoms with Crippen LogP contribution in [0.2, 0.25) is 0 Å². The van der Waals surface area contributed by atoms with Crippen molar-refractivity contribution < 1.29 is 9.84 Å². The van der Waals surface area contributed by atoms with Gasteiger partial charge >= 0.3 is 0 Å². The number of nitrogens with one attached hydrogen (secondary N) is 1. The zero-order valence-corrected chi connectivity index (χ0v) is 11.6. The lowest BCUT2D eigenvalue weighted by Gasteiger charge is -2.29. The van der Waals surface area contributed by atoms with Crippen LogP contribution in [-0.4, -0.2) is 55.4 Å². The molecule has 4 heteroatoms. The predicted molar refractivity (Wildman–Crippen MR) is 76.6 cm³/mol. The number of ether oxygens (including phenoxy) is 1. The molecule has 0 bridgehead atoms. The molecule has 0 radical (unpaired) electrons. The second kappa shape index (κ2) is 7.48. The SMILES string of the molecule is CCOc1ccc(CC(O)CN2CCNCC2)cc1. The van der Waals surface area contributed by atoms with E-state index in [1.165, 1.54) is 0 Å². The molecule has 4 nitrogen and oxygen atoms in total. The van der Waals surface area contributed by atoms with Crippen LogP contribution in [0, 0.1) is 0 Å². The Morgan fingerprint density at radius 3 is 2.58 bits per heavy atom. The van der Waals surface area contributed by atoms with E-state index in [0.29, 0.717) is 13.0 Å². The zero-order chi connectivity index (χ0) is 13.5. The summed E-state index contributed by atoms with van der Waals surface area (Å²) in [5.41, 5.74) is 1.16. The Bertz CT molecular complexity index is 361. The van der Waals surface area contributed by atoms with Gasteiger partial charge in [-0.3, -0.25) is 4.90 Å². The fourth-order valence-corrected chi connectivity index (χ4v) is 2.42. The maximum absolute atomic E-state index is 10.1. The van der Waals surface area contributed by atoms with Crippen LogP contribution >= 0.6 is 0 Å². The normalized spacial score (nSPS) is 18.2. The molecule has 0 amide bonds. The zero-order valence-electron chi connectivity index (χ0n) is 11.6. The Kier molecular flexibility index (Phi) is 5.63. The molecule has 2 rings (SSSR count). The van der Waals surface area contributed by atoms with Crippen molar-refractivity contribution in [2.24, 2.45) is 0 Å². The number of rotatable bonds is 6. The fraction of sp³-hybridized carbons (Fsp3) is 0.600. The molecule has 2 N–H and O–H groups in total. The van der Waals surface area contributed by atoms with E-state index in [4.69, 9.17) is 4.74 Å². The standard InChI is InChI=1S/C15H24N2O2/c1-2-19-15-5-3-13(4-6-15)11-14(18)12-17-9-7-16-8-10-17/h3-6,14,16,18H,2,7-12H2,1H3. The smallest absolute Gasteiger partial charge is 0.119 e. The van der Waals surface area contributed by atoms with Crippen LogP contribution in [0.15, 0.2) is 24.3 Å². The molecule has 0 saturated carbocycles. The summed E-state index contributed by atoms with van der Waals surface area (Å²) < 4.78 is 5.41. The highest BCUT2D eigenvalue weighted by Gasteiger charge is 2.14. The third kappa shape index (κ3) is 4.82. The second-order valence-electron chi connectivity index (χ2n) is 4.99. The first-order chi connectivity index (χ1) is 9.28. The second-order valence-corrected chi connectivity index (χ2v) is 4.99. The van der Waals surface area contributed by atoms with Crippen LogP contribution in [0.5, 0.6) is 5.75 Å². The van der Waals surface area contributed by atoms with Gasteiger partial charge in [-0.05, 0) is 31.0 Å². The summed E-state index contributed by atoms with van der Waals surface area (Å²) in [5, 5.41) is 13.5. The third-order valence-electron chi connectivity index (χ3n) is 3.38. The van der Waals surface area contributed by atoms with E-state index in [2.05, 4.69) is 10.2 Å². The summed E-state index contributed by atoms with van der Waals surface area (Å²) in [6, 6.07) is 8.00. The molecule has 19 heavy (non-hydrogen) atoms. The van der Waals surface area contributed by atoms with Gasteiger partial charge in [0.25, 0.3) is 0 Å². The number of hydrogen-bond donors (Lipinski definition) is 2. The molecule has 1 aliphatic rings. The average molecular weight is 264 g/mol. The van der Waals surface area contributed by atoms with Gasteiger partial charge in [-0.15, -0.1) is 0 Å². The highest BCUT2D eigenvalue weighted by Crippen LogP contribution is 2.13. The van der Waals surface area contributed by atoms with Crippen molar-refractivity contribution in [1.29, 1.82) is 0 Å². The molecular formula is C15H24N2O2. The number of hydrogen-bond acceptors (Lipinski definition) is 4. The van der Waals surface area contributed by atoms with Crippen LogP contribution in [0.25, 0.3) is 0 Å². The molecular weight excluding hydrogens is 240 g/mol. The molecule has 1 aromatic rings. The van der Waals surface area contributed by atoms with E-state index in [1.807, 2.05) is 31.2 Å². The van der Waals surface area contributed by atoms with Gasteiger partial charge in [0, 0.05) is 32.7 Å². The van der Waals surface area contributed by atoms with Crippen molar-refractivity contribution in [3.8, 4) is 5.75 Å². The molecule has 0 spiro atoms. The van der Waals surface area contributed by atoms with E-state index >= 15 is 0 Å². The summed E-state index contributed by atoms with van der Waals surface area (Å²) >= 11 is 0. The molecule has 1 aliphatic heterocycles. The third-order valence-corrected chi connectivity index (χ3v) is 3.38. The monoisotopic (exact) mass is 264 g/mol. The van der Waals surface area contributed by atoms with E-state index in [9.17, 15) is 5.11 Å². The molecule has 0 aliphatic carbocycles. The number of benzene rings is 1. The minimum Gasteiger partial charge on any atom is -0.494 e. The van der Waals surface area contributed by atoms with Gasteiger partial charge in [-0.25, -0.2) is 0 Å². The first-order valence-corrected chi connectivity index (χ1v) is 7.11. The maximum atomic E-state index is 10.1. The summed E-state index contributed by atoms with van der Waals surface area (Å²) in [5.74, 6) is 0.892. The van der Waals surface area contributed by atoms with Gasteiger partial charge in [-0.1, -0.05) is 12.1 Å². The number of nitrogens with zero attached hydrogens (tertiary/aromatic N) is 1. The van der Waals surface area contributed by atoms with Crippen LogP contribution in [0.4, 0.5) is 0 Å². The highest BCUT2D eigenvalue weighted by atomic mass is 16.5. The lowest BCUT2D eigenvalue weighted by molar-refractivity contribution is 0.105. The van der Waals surface area contributed by atoms with Gasteiger partial charge in [0.15, 0.2) is 0 Å². The van der Waals surface area contributed by atoms with E-state index in [-0.39, 0.29) is 6.10 Å². The Morgan fingerprint density at radius 1 is 1.26 bits per heavy atom. The fourth-order valence-electron chi connectivity index (χ4n) is 2.42. The lowest BCUT2D eigenvalue weighted by atomic mass is 10.1. The quantitative estimate of drug-likeness (QED) is 0.801. The van der Waals surface area contributed by atoms with Crippen molar-refractivity contribution >= 4 is 0 Å². The van der Waals surface area contributed by atoms with Crippen molar-refractivity contribution in [2.75, 3.05) is 39.3 Å². The van der Waals surface area contributed by atoms with Crippen LogP contribution in [0.3, 0.4) is 0 Å². The molecule has 1 heterocycles. The van der Waals surface area contributed by atoms with Gasteiger partial charge in [-0.2, -0.15) is 0 Å². The number of piperazine rings is 1. The van der Waals surface area contributed by atoms with Crippen molar-refractivity contribution in [1.82, 2.24) is 10.2 Å². The molecule has 106 valence electrons. The summed E-state index contributed by atoms with van der Waals surface area (Å²) in [7, 11) is 0. The maximum Gasteiger partial charge on any atom is 0.119 e. The summed E-state index contributed by atoms with van der Waals surface area (Å²) in [4.78, 5) is 2.32. The largest absolute Gasteiger partial charge is 0.494 e. The first-order valence-electron chi connectivity index (χ1n) is 7.11. The average Bonchev–Trinajstić information content (AvgIpc) is 2.42. The van der Waals surface area contributed by atoms with Crippen LogP contribution < -0.4 is 10.1 Å². The summed E-state index contributed by atoms with van der Waals surface area (Å²) in [6.07, 6.45) is 0.409. The summed E-state index contributed by atoms with van der Waals surface area (Å²) in [6.45, 7) is 7.53. The molecule has 1 aromatic carbocycles. The lowest BCUT2D eigenvalue weighted by Crippen LogP contribution is -2.46. The van der Waals surface area contributed by atoms with Crippen LogP contribution in [0.1, 0.15) is 12.5 Å². The number of aliphatic hydroxyl groups excluding tert-OH is 1. The highest BCUT2D eigenvalue weighted by molar-refractivity contribution is 5.27. The minimum absolute atomic E-state index is 0.295. The molecule has 1 atom stereocenters. The molecule has 1 fully saturated rings. The van der Waals surface area contributed by atoms with Crippen LogP contribution in [-0.2, 0) is 6.42 Å². The molecule has 1 saturated heterocycles. The number of aliphatic hydroxyl groups is 1. The topological polar surface area (TPSA) is 44.7 Å². The van der Waals surface area contributed by atoms with E-state index < -0.39 is 0 Å². The van der Waals surface area contributed by atoms with Gasteiger partial charge in [0.05, 0.1) is 12.7 Å². The Labute approximate surface area is 115 Å². The predicted octanol–water partition coefficient (Wildman–Crippen LogP) is 0.894. The van der Waals surface area contributed by atoms with Crippen molar-refractivity contribution in [2.45, 2.75) is 19.4 Å². The Balaban J connectivity index is 1.78. The minimum atomic E-state index is -0.295.